The molecule has 0 rings (SSSR count). The molecule has 0 spiro atoms. The number of hydrogen-bond acceptors (Lipinski definition) is 14. The third kappa shape index (κ3) is 54.8. The lowest BCUT2D eigenvalue weighted by molar-refractivity contribution is -0.913. The summed E-state index contributed by atoms with van der Waals surface area (Å²) >= 11 is 0. The van der Waals surface area contributed by atoms with Crippen molar-refractivity contribution in [2.75, 3.05) is 148 Å². The molecule has 3 N–H and O–H groups in total. The summed E-state index contributed by atoms with van der Waals surface area (Å²) in [7, 11) is 9.26. The maximum atomic E-state index is 12.0. The second-order valence-electron chi connectivity index (χ2n) is 19.6. The molecule has 0 aromatic carbocycles. The van der Waals surface area contributed by atoms with Crippen molar-refractivity contribution in [3.63, 3.8) is 0 Å². The molecule has 61 heavy (non-hydrogen) atoms. The number of rotatable bonds is 34. The minimum absolute atomic E-state index is 0.248. The topological polar surface area (TPSA) is 248 Å². The first-order valence-corrected chi connectivity index (χ1v) is 28.0. The molecule has 0 aliphatic rings. The standard InChI is InChI=1S/C36H84N6O9Si2.2C2H4O2/c1-39(2,45)23-13-19-37(20-14-24-40(3,4)46)31-35(43)33-49-27-17-29-52(9,10)51-53(11,12)30-18-28-50-34-36(44)32-38(21-15-25-41(5,6)47)22-16-26-42(7,8)48;2*1-2(3)4/h35-36,43-44H,13-34H2,1-12H3;2*1H3,(H,3,4)/p-1. The number of carboxylic acids is 2. The van der Waals surface area contributed by atoms with Gasteiger partial charge >= 0.3 is 0 Å². The van der Waals surface area contributed by atoms with Crippen molar-refractivity contribution in [3.05, 3.63) is 20.8 Å². The van der Waals surface area contributed by atoms with Crippen molar-refractivity contribution >= 4 is 28.6 Å². The number of carbonyl (C=O) groups is 2. The van der Waals surface area contributed by atoms with Crippen LogP contribution in [0.5, 0.6) is 0 Å². The Balaban J connectivity index is -0.00000383. The van der Waals surface area contributed by atoms with Crippen LogP contribution in [0.2, 0.25) is 38.3 Å². The summed E-state index contributed by atoms with van der Waals surface area (Å²) in [6, 6.07) is 1.94. The lowest BCUT2D eigenvalue weighted by Gasteiger charge is -2.36. The van der Waals surface area contributed by atoms with E-state index < -0.39 is 40.8 Å². The molecule has 19 nitrogen and oxygen atoms in total. The molecular weight excluding hydrogens is 829 g/mol. The van der Waals surface area contributed by atoms with Crippen LogP contribution in [0.3, 0.4) is 0 Å². The summed E-state index contributed by atoms with van der Waals surface area (Å²) in [5.41, 5.74) is 0. The van der Waals surface area contributed by atoms with Crippen LogP contribution in [-0.2, 0) is 23.2 Å². The number of hydrogen-bond donors (Lipinski definition) is 3. The number of carboxylic acid groups (broad SMARTS) is 2. The Morgan fingerprint density at radius 3 is 1.23 bits per heavy atom. The Bertz CT molecular complexity index is 987. The number of quaternary nitrogens is 5. The van der Waals surface area contributed by atoms with Gasteiger partial charge in [0.15, 0.2) is 16.6 Å². The number of aliphatic hydroxyl groups excluding tert-OH is 2. The van der Waals surface area contributed by atoms with Gasteiger partial charge in [-0.2, -0.15) is 0 Å². The van der Waals surface area contributed by atoms with Gasteiger partial charge in [-0.3, -0.25) is 0 Å². The van der Waals surface area contributed by atoms with Gasteiger partial charge in [-0.25, -0.2) is 0 Å². The number of nitrogens with one attached hydrogen (secondary N) is 1. The molecule has 0 aromatic rings. The summed E-state index contributed by atoms with van der Waals surface area (Å²) < 4.78 is 17.2. The molecule has 0 aliphatic carbocycles. The first-order chi connectivity index (χ1) is 27.5. The molecule has 0 saturated heterocycles. The Labute approximate surface area is 371 Å². The fraction of sp³-hybridized carbons (Fsp3) is 0.950. The highest BCUT2D eigenvalue weighted by molar-refractivity contribution is 6.84. The van der Waals surface area contributed by atoms with Gasteiger partial charge in [0.25, 0.3) is 0 Å². The summed E-state index contributed by atoms with van der Waals surface area (Å²) in [5, 5.41) is 87.1. The minimum atomic E-state index is -1.92. The van der Waals surface area contributed by atoms with Gasteiger partial charge in [0.1, 0.15) is 12.6 Å². The SMILES string of the molecule is CC(=O)[O-].CC(=O)[O-].C[N+](C)([O-])CCCN(CCC[N+](C)(C)[O-])CC(O)COCCC[Si](C)(C)O[Si](C)(C)CCCOCC(O)C[NH+](CCC[N+](C)(C)[O-])CCC[N+](C)(C)[O-]. The molecule has 0 aromatic heterocycles. The molecule has 0 heterocycles. The summed E-state index contributed by atoms with van der Waals surface area (Å²) in [6.07, 6.45) is 3.48. The monoisotopic (exact) mass is 920 g/mol. The number of ether oxygens (including phenoxy) is 2. The van der Waals surface area contributed by atoms with Crippen LogP contribution in [0.15, 0.2) is 0 Å². The maximum absolute atomic E-state index is 12.0. The molecule has 2 atom stereocenters. The fourth-order valence-electron chi connectivity index (χ4n) is 6.62. The summed E-state index contributed by atoms with van der Waals surface area (Å²) in [4.78, 5) is 21.1. The van der Waals surface area contributed by atoms with E-state index in [2.05, 4.69) is 31.1 Å². The highest BCUT2D eigenvalue weighted by Crippen LogP contribution is 2.24. The molecule has 368 valence electrons. The van der Waals surface area contributed by atoms with Gasteiger partial charge in [-0.05, 0) is 65.0 Å². The zero-order chi connectivity index (χ0) is 48.1. The molecule has 0 radical (unpaired) electrons. The Morgan fingerprint density at radius 1 is 0.590 bits per heavy atom. The zero-order valence-corrected chi connectivity index (χ0v) is 42.8. The van der Waals surface area contributed by atoms with Gasteiger partial charge in [0, 0.05) is 70.5 Å². The van der Waals surface area contributed by atoms with Gasteiger partial charge in [0.05, 0.1) is 115 Å². The highest BCUT2D eigenvalue weighted by Gasteiger charge is 2.32. The lowest BCUT2D eigenvalue weighted by Crippen LogP contribution is -3.13. The minimum Gasteiger partial charge on any atom is -0.633 e. The highest BCUT2D eigenvalue weighted by atomic mass is 28.4. The third-order valence-corrected chi connectivity index (χ3v) is 16.6. The van der Waals surface area contributed by atoms with Crippen LogP contribution in [0.1, 0.15) is 52.4 Å². The number of hydroxylamine groups is 12. The van der Waals surface area contributed by atoms with Crippen LogP contribution >= 0.6 is 0 Å². The lowest BCUT2D eigenvalue weighted by atomic mass is 10.2. The van der Waals surface area contributed by atoms with Crippen molar-refractivity contribution in [3.8, 4) is 0 Å². The molecule has 21 heteroatoms. The van der Waals surface area contributed by atoms with Gasteiger partial charge in [0.2, 0.25) is 0 Å². The number of aliphatic carboxylic acids is 2. The molecule has 0 fully saturated rings. The van der Waals surface area contributed by atoms with Crippen molar-refractivity contribution < 1.29 is 67.1 Å². The first-order valence-electron chi connectivity index (χ1n) is 21.8. The largest absolute Gasteiger partial charge is 0.633 e. The summed E-state index contributed by atoms with van der Waals surface area (Å²) in [5.74, 6) is -2.17. The average Bonchev–Trinajstić information content (AvgIpc) is 3.00. The third-order valence-electron chi connectivity index (χ3n) is 9.10. The molecule has 0 bridgehead atoms. The smallest absolute Gasteiger partial charge is 0.173 e. The quantitative estimate of drug-likeness (QED) is 0.0319. The normalized spacial score (nSPS) is 14.0. The van der Waals surface area contributed by atoms with Gasteiger partial charge in [-0.1, -0.05) is 0 Å². The van der Waals surface area contributed by atoms with E-state index in [1.54, 1.807) is 56.4 Å². The Hall–Kier alpha value is -1.23. The predicted octanol–water partition coefficient (Wildman–Crippen LogP) is -0.495. The first kappa shape index (κ1) is 64.1. The van der Waals surface area contributed by atoms with E-state index in [-0.39, 0.29) is 31.8 Å². The van der Waals surface area contributed by atoms with Crippen LogP contribution in [0, 0.1) is 20.8 Å². The van der Waals surface area contributed by atoms with Crippen molar-refractivity contribution in [1.82, 2.24) is 4.90 Å². The number of nitrogens with zero attached hydrogens (tertiary/aromatic N) is 5. The van der Waals surface area contributed by atoms with E-state index in [1.165, 1.54) is 4.90 Å². The van der Waals surface area contributed by atoms with E-state index >= 15 is 0 Å². The number of aliphatic hydroxyl groups is 2. The second-order valence-corrected chi connectivity index (χ2v) is 28.5. The van der Waals surface area contributed by atoms with Crippen LogP contribution < -0.4 is 15.1 Å². The van der Waals surface area contributed by atoms with Crippen LogP contribution in [-0.4, -0.2) is 223 Å². The van der Waals surface area contributed by atoms with Crippen molar-refractivity contribution in [2.45, 2.75) is 103 Å². The second kappa shape index (κ2) is 32.4. The molecule has 0 saturated carbocycles. The van der Waals surface area contributed by atoms with E-state index in [4.69, 9.17) is 33.4 Å². The fourth-order valence-corrected chi connectivity index (χ4v) is 15.4. The van der Waals surface area contributed by atoms with Gasteiger partial charge < -0.3 is 92.8 Å². The molecule has 2 unspecified atom stereocenters. The van der Waals surface area contributed by atoms with Crippen LogP contribution in [0.4, 0.5) is 0 Å². The van der Waals surface area contributed by atoms with Gasteiger partial charge in [-0.15, -0.1) is 0 Å². The molecular formula is C40H91N6O13Si2-. The number of carbonyl (C=O) groups excluding carboxylic acids is 2. The Kier molecular flexibility index (Phi) is 34.1. The maximum Gasteiger partial charge on any atom is 0.173 e. The van der Waals surface area contributed by atoms with E-state index in [1.807, 2.05) is 0 Å². The molecule has 0 aliphatic heterocycles. The summed E-state index contributed by atoms with van der Waals surface area (Å²) in [6.45, 7) is 18.6. The zero-order valence-electron chi connectivity index (χ0n) is 40.8. The Morgan fingerprint density at radius 2 is 0.902 bits per heavy atom. The van der Waals surface area contributed by atoms with Crippen molar-refractivity contribution in [2.24, 2.45) is 0 Å². The van der Waals surface area contributed by atoms with E-state index in [0.29, 0.717) is 65.6 Å². The molecule has 0 amide bonds. The van der Waals surface area contributed by atoms with E-state index in [0.717, 1.165) is 77.6 Å². The van der Waals surface area contributed by atoms with Crippen LogP contribution in [0.25, 0.3) is 0 Å². The van der Waals surface area contributed by atoms with Crippen molar-refractivity contribution in [1.29, 1.82) is 0 Å². The van der Waals surface area contributed by atoms with E-state index in [9.17, 15) is 31.0 Å². The predicted molar refractivity (Wildman–Crippen MR) is 242 cm³/mol. The average molecular weight is 920 g/mol.